The van der Waals surface area contributed by atoms with Gasteiger partial charge in [-0.2, -0.15) is 4.68 Å². The van der Waals surface area contributed by atoms with Crippen molar-refractivity contribution >= 4 is 17.6 Å². The van der Waals surface area contributed by atoms with E-state index in [0.29, 0.717) is 6.54 Å². The minimum Gasteiger partial charge on any atom is -0.448 e. The van der Waals surface area contributed by atoms with Gasteiger partial charge >= 0.3 is 11.8 Å². The number of alkyl carbamates (subject to hydrolysis) is 1. The van der Waals surface area contributed by atoms with Crippen molar-refractivity contribution in [1.29, 1.82) is 0 Å². The number of aryl methyl sites for hydroxylation is 1. The molecule has 0 atom stereocenters. The van der Waals surface area contributed by atoms with Crippen molar-refractivity contribution in [1.82, 2.24) is 39.5 Å². The molecule has 1 fully saturated rings. The Morgan fingerprint density at radius 3 is 2.69 bits per heavy atom. The largest absolute Gasteiger partial charge is 0.448 e. The van der Waals surface area contributed by atoms with Crippen LogP contribution in [0.15, 0.2) is 11.1 Å². The zero-order valence-electron chi connectivity index (χ0n) is 14.6. The van der Waals surface area contributed by atoms with Gasteiger partial charge in [-0.3, -0.25) is 15.0 Å². The van der Waals surface area contributed by atoms with Crippen LogP contribution in [0, 0.1) is 0 Å². The molecule has 0 saturated carbocycles. The minimum atomic E-state index is -0.873. The second-order valence-corrected chi connectivity index (χ2v) is 6.02. The first kappa shape index (κ1) is 17.9. The molecule has 3 heterocycles. The van der Waals surface area contributed by atoms with Crippen LogP contribution >= 0.6 is 0 Å². The molecule has 0 radical (unpaired) electrons. The van der Waals surface area contributed by atoms with Crippen LogP contribution < -0.4 is 11.0 Å². The van der Waals surface area contributed by atoms with Gasteiger partial charge in [0.25, 0.3) is 5.91 Å². The fourth-order valence-corrected chi connectivity index (χ4v) is 2.57. The first-order valence-corrected chi connectivity index (χ1v) is 8.12. The molecule has 1 N–H and O–H groups in total. The number of carbonyl (C=O) groups is 2. The molecule has 3 rings (SSSR count). The summed E-state index contributed by atoms with van der Waals surface area (Å²) in [6.07, 6.45) is 0.280. The number of piperazine rings is 1. The van der Waals surface area contributed by atoms with Crippen LogP contribution in [0.4, 0.5) is 4.79 Å². The van der Waals surface area contributed by atoms with Gasteiger partial charge in [-0.05, 0) is 7.05 Å². The van der Waals surface area contributed by atoms with Crippen molar-refractivity contribution in [3.05, 3.63) is 22.5 Å². The van der Waals surface area contributed by atoms with E-state index in [4.69, 9.17) is 4.74 Å². The normalized spacial score (nSPS) is 15.9. The van der Waals surface area contributed by atoms with Crippen molar-refractivity contribution in [2.45, 2.75) is 0 Å². The third kappa shape index (κ3) is 3.86. The number of fused-ring (bicyclic) bond motifs is 1. The lowest BCUT2D eigenvalue weighted by Gasteiger charge is -2.31. The number of hydrogen-bond donors (Lipinski definition) is 1. The van der Waals surface area contributed by atoms with E-state index >= 15 is 0 Å². The maximum atomic E-state index is 12.1. The second-order valence-electron chi connectivity index (χ2n) is 6.02. The highest BCUT2D eigenvalue weighted by molar-refractivity contribution is 6.05. The fourth-order valence-electron chi connectivity index (χ4n) is 2.57. The van der Waals surface area contributed by atoms with Gasteiger partial charge in [0.1, 0.15) is 12.9 Å². The Bertz CT molecular complexity index is 867. The van der Waals surface area contributed by atoms with Crippen molar-refractivity contribution in [3.63, 3.8) is 0 Å². The van der Waals surface area contributed by atoms with E-state index in [0.717, 1.165) is 41.6 Å². The summed E-state index contributed by atoms with van der Waals surface area (Å²) >= 11 is 0. The second kappa shape index (κ2) is 7.58. The zero-order chi connectivity index (χ0) is 18.7. The van der Waals surface area contributed by atoms with E-state index in [1.54, 1.807) is 0 Å². The number of imide groups is 1. The Labute approximate surface area is 148 Å². The Balaban J connectivity index is 1.52. The highest BCUT2D eigenvalue weighted by Gasteiger charge is 2.20. The van der Waals surface area contributed by atoms with E-state index in [1.165, 1.54) is 7.05 Å². The molecule has 1 aliphatic rings. The number of ether oxygens (including phenoxy) is 1. The number of likely N-dealkylation sites (N-methyl/N-ethyl adjacent to an activating group) is 1. The molecular formula is C14H20N8O4. The van der Waals surface area contributed by atoms with Crippen molar-refractivity contribution in [2.24, 2.45) is 7.05 Å². The molecule has 0 spiro atoms. The Kier molecular flexibility index (Phi) is 5.23. The van der Waals surface area contributed by atoms with E-state index in [9.17, 15) is 14.4 Å². The molecule has 2 aromatic heterocycles. The van der Waals surface area contributed by atoms with Crippen LogP contribution in [0.3, 0.4) is 0 Å². The van der Waals surface area contributed by atoms with Crippen LogP contribution in [-0.2, 0) is 11.8 Å². The Morgan fingerprint density at radius 2 is 1.96 bits per heavy atom. The SMILES string of the molecule is CN1CCN(CCOC(=O)NC(=O)c2ncn3c(=O)n(C)nnc23)CC1. The molecular weight excluding hydrogens is 344 g/mol. The molecule has 140 valence electrons. The smallest absolute Gasteiger partial charge is 0.414 e. The summed E-state index contributed by atoms with van der Waals surface area (Å²) < 4.78 is 7.11. The van der Waals surface area contributed by atoms with Gasteiger partial charge in [0.15, 0.2) is 11.3 Å². The maximum absolute atomic E-state index is 12.1. The van der Waals surface area contributed by atoms with E-state index in [-0.39, 0.29) is 17.9 Å². The summed E-state index contributed by atoms with van der Waals surface area (Å²) in [7, 11) is 3.49. The summed E-state index contributed by atoms with van der Waals surface area (Å²) in [4.78, 5) is 44.0. The van der Waals surface area contributed by atoms with E-state index < -0.39 is 17.7 Å². The number of nitrogens with one attached hydrogen (secondary N) is 1. The quantitative estimate of drug-likeness (QED) is 0.651. The van der Waals surface area contributed by atoms with Crippen LogP contribution in [0.1, 0.15) is 10.5 Å². The van der Waals surface area contributed by atoms with Gasteiger partial charge in [0, 0.05) is 39.8 Å². The highest BCUT2D eigenvalue weighted by Crippen LogP contribution is 2.03. The zero-order valence-corrected chi connectivity index (χ0v) is 14.6. The maximum Gasteiger partial charge on any atom is 0.414 e. The summed E-state index contributed by atoms with van der Waals surface area (Å²) in [5, 5.41) is 9.42. The molecule has 0 bridgehead atoms. The molecule has 2 aromatic rings. The molecule has 0 unspecified atom stereocenters. The number of aromatic nitrogens is 5. The predicted octanol–water partition coefficient (Wildman–Crippen LogP) is -2.06. The van der Waals surface area contributed by atoms with Gasteiger partial charge in [0.05, 0.1) is 0 Å². The molecule has 1 aliphatic heterocycles. The first-order valence-electron chi connectivity index (χ1n) is 8.12. The standard InChI is InChI=1S/C14H20N8O4/c1-19-3-5-21(6-4-19)7-8-26-13(24)16-12(23)10-11-17-18-20(2)14(25)22(11)9-15-10/h9H,3-8H2,1-2H3,(H,16,23,24). The van der Waals surface area contributed by atoms with Gasteiger partial charge in [-0.15, -0.1) is 5.10 Å². The number of rotatable bonds is 4. The third-order valence-electron chi connectivity index (χ3n) is 4.17. The summed E-state index contributed by atoms with van der Waals surface area (Å²) in [6, 6.07) is 0. The first-order chi connectivity index (χ1) is 12.5. The van der Waals surface area contributed by atoms with Gasteiger partial charge in [-0.1, -0.05) is 5.21 Å². The summed E-state index contributed by atoms with van der Waals surface area (Å²) in [5.41, 5.74) is -0.710. The predicted molar refractivity (Wildman–Crippen MR) is 88.8 cm³/mol. The van der Waals surface area contributed by atoms with Crippen LogP contribution in [-0.4, -0.2) is 92.6 Å². The summed E-state index contributed by atoms with van der Waals surface area (Å²) in [6.45, 7) is 4.54. The van der Waals surface area contributed by atoms with E-state index in [2.05, 4.69) is 37.5 Å². The lowest BCUT2D eigenvalue weighted by atomic mass is 10.3. The number of amides is 2. The Hall–Kier alpha value is -2.86. The minimum absolute atomic E-state index is 0.0316. The monoisotopic (exact) mass is 364 g/mol. The Morgan fingerprint density at radius 1 is 1.23 bits per heavy atom. The lowest BCUT2D eigenvalue weighted by molar-refractivity contribution is 0.0871. The molecule has 1 saturated heterocycles. The summed E-state index contributed by atoms with van der Waals surface area (Å²) in [5.74, 6) is -0.806. The lowest BCUT2D eigenvalue weighted by Crippen LogP contribution is -2.45. The van der Waals surface area contributed by atoms with Crippen LogP contribution in [0.25, 0.3) is 5.65 Å². The topological polar surface area (TPSA) is 127 Å². The van der Waals surface area contributed by atoms with Crippen LogP contribution in [0.2, 0.25) is 0 Å². The third-order valence-corrected chi connectivity index (χ3v) is 4.17. The molecule has 12 heteroatoms. The molecule has 12 nitrogen and oxygen atoms in total. The average Bonchev–Trinajstić information content (AvgIpc) is 3.05. The van der Waals surface area contributed by atoms with Crippen molar-refractivity contribution in [3.8, 4) is 0 Å². The number of hydrogen-bond acceptors (Lipinski definition) is 9. The average molecular weight is 364 g/mol. The van der Waals surface area contributed by atoms with Gasteiger partial charge in [0.2, 0.25) is 0 Å². The molecule has 0 aliphatic carbocycles. The van der Waals surface area contributed by atoms with Crippen molar-refractivity contribution in [2.75, 3.05) is 46.4 Å². The van der Waals surface area contributed by atoms with E-state index in [1.807, 2.05) is 0 Å². The number of nitrogens with zero attached hydrogens (tertiary/aromatic N) is 7. The molecule has 0 aromatic carbocycles. The fraction of sp³-hybridized carbons (Fsp3) is 0.571. The molecule has 26 heavy (non-hydrogen) atoms. The van der Waals surface area contributed by atoms with Gasteiger partial charge < -0.3 is 9.64 Å². The van der Waals surface area contributed by atoms with Crippen molar-refractivity contribution < 1.29 is 14.3 Å². The highest BCUT2D eigenvalue weighted by atomic mass is 16.5. The number of carbonyl (C=O) groups excluding carboxylic acids is 2. The molecule has 2 amide bonds. The van der Waals surface area contributed by atoms with Crippen LogP contribution in [0.5, 0.6) is 0 Å². The number of imidazole rings is 1. The van der Waals surface area contributed by atoms with Gasteiger partial charge in [-0.25, -0.2) is 19.0 Å².